The van der Waals surface area contributed by atoms with Crippen molar-refractivity contribution in [3.05, 3.63) is 0 Å². The standard InChI is InChI=1S/C15H27N5O/c1-10-3-2-4-11-7-12(18-14(10)11)15(21)19-5-6-20-13(8-19)16-9-17-20/h10-14,16-18H,2-9H2,1H3. The monoisotopic (exact) mass is 293 g/mol. The van der Waals surface area contributed by atoms with Gasteiger partial charge in [0.2, 0.25) is 5.91 Å². The summed E-state index contributed by atoms with van der Waals surface area (Å²) in [5.74, 6) is 1.76. The largest absolute Gasteiger partial charge is 0.337 e. The first-order chi connectivity index (χ1) is 10.2. The SMILES string of the molecule is CC1CCCC2CC(C(=O)N3CCN4NCNC4C3)NC12. The number of hydrogen-bond acceptors (Lipinski definition) is 5. The lowest BCUT2D eigenvalue weighted by Gasteiger charge is -2.37. The molecule has 3 N–H and O–H groups in total. The Kier molecular flexibility index (Phi) is 3.65. The van der Waals surface area contributed by atoms with Crippen LogP contribution in [0.1, 0.15) is 32.6 Å². The van der Waals surface area contributed by atoms with Crippen molar-refractivity contribution in [2.45, 2.75) is 50.9 Å². The first kappa shape index (κ1) is 13.9. The predicted octanol–water partition coefficient (Wildman–Crippen LogP) is -0.311. The molecule has 4 rings (SSSR count). The van der Waals surface area contributed by atoms with E-state index in [-0.39, 0.29) is 12.2 Å². The highest BCUT2D eigenvalue weighted by Gasteiger charge is 2.43. The van der Waals surface area contributed by atoms with E-state index in [0.717, 1.165) is 44.6 Å². The van der Waals surface area contributed by atoms with Crippen LogP contribution in [-0.2, 0) is 4.79 Å². The third kappa shape index (κ3) is 2.48. The highest BCUT2D eigenvalue weighted by atomic mass is 16.2. The van der Waals surface area contributed by atoms with Crippen LogP contribution in [0.3, 0.4) is 0 Å². The van der Waals surface area contributed by atoms with E-state index in [1.807, 2.05) is 0 Å². The topological polar surface area (TPSA) is 59.6 Å². The van der Waals surface area contributed by atoms with Gasteiger partial charge in [-0.25, -0.2) is 10.4 Å². The summed E-state index contributed by atoms with van der Waals surface area (Å²) in [6.07, 6.45) is 5.27. The van der Waals surface area contributed by atoms with Crippen LogP contribution in [0.25, 0.3) is 0 Å². The molecule has 0 spiro atoms. The molecule has 6 nitrogen and oxygen atoms in total. The molecule has 0 aromatic heterocycles. The molecule has 1 aliphatic carbocycles. The highest BCUT2D eigenvalue weighted by Crippen LogP contribution is 2.37. The van der Waals surface area contributed by atoms with E-state index >= 15 is 0 Å². The number of nitrogens with zero attached hydrogens (tertiary/aromatic N) is 2. The van der Waals surface area contributed by atoms with E-state index < -0.39 is 0 Å². The second-order valence-corrected chi connectivity index (χ2v) is 7.18. The number of amides is 1. The van der Waals surface area contributed by atoms with Crippen molar-refractivity contribution in [2.75, 3.05) is 26.3 Å². The number of piperazine rings is 1. The summed E-state index contributed by atoms with van der Waals surface area (Å²) in [5, 5.41) is 9.27. The Balaban J connectivity index is 1.39. The van der Waals surface area contributed by atoms with Crippen LogP contribution in [0.15, 0.2) is 0 Å². The number of hydrogen-bond donors (Lipinski definition) is 3. The van der Waals surface area contributed by atoms with Crippen molar-refractivity contribution >= 4 is 5.91 Å². The number of nitrogens with one attached hydrogen (secondary N) is 3. The van der Waals surface area contributed by atoms with Crippen LogP contribution in [-0.4, -0.2) is 60.4 Å². The van der Waals surface area contributed by atoms with Crippen LogP contribution in [0.5, 0.6) is 0 Å². The summed E-state index contributed by atoms with van der Waals surface area (Å²) >= 11 is 0. The second kappa shape index (κ2) is 5.50. The maximum Gasteiger partial charge on any atom is 0.239 e. The van der Waals surface area contributed by atoms with E-state index in [0.29, 0.717) is 11.9 Å². The van der Waals surface area contributed by atoms with Crippen molar-refractivity contribution in [1.29, 1.82) is 0 Å². The first-order valence-corrected chi connectivity index (χ1v) is 8.51. The first-order valence-electron chi connectivity index (χ1n) is 8.51. The molecule has 3 heterocycles. The van der Waals surface area contributed by atoms with Gasteiger partial charge in [-0.3, -0.25) is 10.1 Å². The van der Waals surface area contributed by atoms with Gasteiger partial charge < -0.3 is 10.2 Å². The van der Waals surface area contributed by atoms with Gasteiger partial charge in [0, 0.05) is 19.1 Å². The minimum atomic E-state index is 0.0569. The number of rotatable bonds is 1. The number of carbonyl (C=O) groups excluding carboxylic acids is 1. The van der Waals surface area contributed by atoms with Gasteiger partial charge in [0.15, 0.2) is 0 Å². The molecule has 4 fully saturated rings. The Hall–Kier alpha value is -0.690. The van der Waals surface area contributed by atoms with E-state index in [9.17, 15) is 4.79 Å². The van der Waals surface area contributed by atoms with Crippen molar-refractivity contribution in [2.24, 2.45) is 11.8 Å². The molecule has 0 radical (unpaired) electrons. The summed E-state index contributed by atoms with van der Waals surface area (Å²) in [5.41, 5.74) is 3.30. The lowest BCUT2D eigenvalue weighted by molar-refractivity contribution is -0.136. The Morgan fingerprint density at radius 3 is 3.00 bits per heavy atom. The number of hydrazine groups is 1. The van der Waals surface area contributed by atoms with Gasteiger partial charge in [-0.2, -0.15) is 0 Å². The summed E-state index contributed by atoms with van der Waals surface area (Å²) < 4.78 is 0. The van der Waals surface area contributed by atoms with E-state index in [4.69, 9.17) is 0 Å². The van der Waals surface area contributed by atoms with Crippen LogP contribution in [0.2, 0.25) is 0 Å². The average Bonchev–Trinajstić information content (AvgIpc) is 3.12. The van der Waals surface area contributed by atoms with E-state index in [1.54, 1.807) is 0 Å². The van der Waals surface area contributed by atoms with Gasteiger partial charge in [-0.1, -0.05) is 13.3 Å². The number of carbonyl (C=O) groups is 1. The zero-order valence-corrected chi connectivity index (χ0v) is 12.8. The lowest BCUT2D eigenvalue weighted by atomic mass is 9.78. The summed E-state index contributed by atoms with van der Waals surface area (Å²) in [6, 6.07) is 0.627. The second-order valence-electron chi connectivity index (χ2n) is 7.18. The van der Waals surface area contributed by atoms with Crippen LogP contribution in [0.4, 0.5) is 0 Å². The molecule has 5 atom stereocenters. The Morgan fingerprint density at radius 2 is 2.14 bits per heavy atom. The zero-order chi connectivity index (χ0) is 14.4. The molecule has 5 unspecified atom stereocenters. The maximum absolute atomic E-state index is 12.8. The lowest BCUT2D eigenvalue weighted by Crippen LogP contribution is -2.59. The fraction of sp³-hybridized carbons (Fsp3) is 0.933. The van der Waals surface area contributed by atoms with Crippen molar-refractivity contribution < 1.29 is 4.79 Å². The fourth-order valence-electron chi connectivity index (χ4n) is 4.70. The average molecular weight is 293 g/mol. The maximum atomic E-state index is 12.8. The molecule has 118 valence electrons. The van der Waals surface area contributed by atoms with Crippen LogP contribution >= 0.6 is 0 Å². The van der Waals surface area contributed by atoms with Gasteiger partial charge in [0.05, 0.1) is 25.4 Å². The third-order valence-electron chi connectivity index (χ3n) is 5.90. The molecular weight excluding hydrogens is 266 g/mol. The predicted molar refractivity (Wildman–Crippen MR) is 80.0 cm³/mol. The van der Waals surface area contributed by atoms with Crippen LogP contribution < -0.4 is 16.1 Å². The summed E-state index contributed by atoms with van der Waals surface area (Å²) in [4.78, 5) is 14.9. The highest BCUT2D eigenvalue weighted by molar-refractivity contribution is 5.82. The van der Waals surface area contributed by atoms with Gasteiger partial charge in [0.1, 0.15) is 0 Å². The molecule has 0 aromatic carbocycles. The van der Waals surface area contributed by atoms with Crippen molar-refractivity contribution in [1.82, 2.24) is 26.0 Å². The molecule has 0 bridgehead atoms. The third-order valence-corrected chi connectivity index (χ3v) is 5.90. The fourth-order valence-corrected chi connectivity index (χ4v) is 4.70. The summed E-state index contributed by atoms with van der Waals surface area (Å²) in [7, 11) is 0. The smallest absolute Gasteiger partial charge is 0.239 e. The van der Waals surface area contributed by atoms with Gasteiger partial charge in [-0.05, 0) is 31.1 Å². The van der Waals surface area contributed by atoms with Crippen molar-refractivity contribution in [3.63, 3.8) is 0 Å². The molecule has 0 aromatic rings. The zero-order valence-electron chi connectivity index (χ0n) is 12.8. The van der Waals surface area contributed by atoms with Crippen molar-refractivity contribution in [3.8, 4) is 0 Å². The Morgan fingerprint density at radius 1 is 1.24 bits per heavy atom. The molecule has 1 amide bonds. The molecule has 6 heteroatoms. The van der Waals surface area contributed by atoms with Gasteiger partial charge in [0.25, 0.3) is 0 Å². The van der Waals surface area contributed by atoms with E-state index in [2.05, 4.69) is 32.9 Å². The molecule has 3 saturated heterocycles. The molecule has 3 aliphatic heterocycles. The Bertz CT molecular complexity index is 417. The van der Waals surface area contributed by atoms with E-state index in [1.165, 1.54) is 19.3 Å². The van der Waals surface area contributed by atoms with Gasteiger partial charge in [-0.15, -0.1) is 0 Å². The molecule has 1 saturated carbocycles. The molecule has 4 aliphatic rings. The quantitative estimate of drug-likeness (QED) is 0.619. The molecular formula is C15H27N5O. The minimum absolute atomic E-state index is 0.0569. The minimum Gasteiger partial charge on any atom is -0.337 e. The van der Waals surface area contributed by atoms with Gasteiger partial charge >= 0.3 is 0 Å². The summed E-state index contributed by atoms with van der Waals surface area (Å²) in [6.45, 7) is 5.71. The normalized spacial score (nSPS) is 43.7. The molecule has 21 heavy (non-hydrogen) atoms. The van der Waals surface area contributed by atoms with Crippen LogP contribution in [0, 0.1) is 11.8 Å². The number of fused-ring (bicyclic) bond motifs is 2. The Labute approximate surface area is 126 Å².